The van der Waals surface area contributed by atoms with Crippen molar-refractivity contribution in [1.29, 1.82) is 0 Å². The third-order valence-electron chi connectivity index (χ3n) is 10.6. The van der Waals surface area contributed by atoms with E-state index in [0.29, 0.717) is 16.7 Å². The third kappa shape index (κ3) is 19.2. The van der Waals surface area contributed by atoms with Gasteiger partial charge in [-0.3, -0.25) is 33.6 Å². The zero-order valence-electron chi connectivity index (χ0n) is 44.7. The molecule has 19 heteroatoms. The highest BCUT2D eigenvalue weighted by Gasteiger charge is 2.39. The smallest absolute Gasteiger partial charge is 0.408 e. The molecule has 0 bridgehead atoms. The van der Waals surface area contributed by atoms with E-state index in [9.17, 15) is 43.2 Å². The number of hydrogen-bond acceptors (Lipinski definition) is 11. The number of ether oxygens (including phenoxy) is 2. The molecule has 0 saturated carbocycles. The van der Waals surface area contributed by atoms with Crippen LogP contribution < -0.4 is 42.5 Å². The van der Waals surface area contributed by atoms with Gasteiger partial charge in [0.05, 0.1) is 7.11 Å². The van der Waals surface area contributed by atoms with E-state index < -0.39 is 87.2 Å². The molecule has 0 radical (unpaired) electrons. The molecular formula is C55H72N8O11. The van der Waals surface area contributed by atoms with E-state index in [4.69, 9.17) is 9.47 Å². The molecule has 19 nitrogen and oxygen atoms in total. The van der Waals surface area contributed by atoms with Crippen LogP contribution in [0.25, 0.3) is 18.2 Å². The second kappa shape index (κ2) is 25.5. The minimum atomic E-state index is -1.82. The van der Waals surface area contributed by atoms with Gasteiger partial charge in [0.2, 0.25) is 23.6 Å². The van der Waals surface area contributed by atoms with E-state index in [2.05, 4.69) is 42.5 Å². The number of esters is 1. The summed E-state index contributed by atoms with van der Waals surface area (Å²) in [7, 11) is 1.17. The van der Waals surface area contributed by atoms with Gasteiger partial charge in [-0.05, 0) is 123 Å². The first-order valence-corrected chi connectivity index (χ1v) is 23.9. The van der Waals surface area contributed by atoms with Crippen molar-refractivity contribution in [1.82, 2.24) is 42.5 Å². The van der Waals surface area contributed by atoms with Crippen molar-refractivity contribution in [2.45, 2.75) is 130 Å². The van der Waals surface area contributed by atoms with Crippen LogP contribution in [0.4, 0.5) is 4.79 Å². The number of nitrogens with one attached hydrogen (secondary N) is 8. The number of alkyl carbamates (subject to hydrolysis) is 1. The van der Waals surface area contributed by atoms with E-state index in [0.717, 1.165) is 0 Å². The SMILES string of the molecule is COC(=O)C(C)(C)NC(=O)/C(=C\c1ccccc1)NC(=O)C(C)(C)NC(=O)/C(=C\c1ccccc1)NC(=O)C(C)(C)NC(=O)/C(=C\c1ccccc1)NC(=O)C(C)(C)NC(=O)[C@H](CC(C)C)NC(=O)OC(C)(C)C. The van der Waals surface area contributed by atoms with Crippen molar-refractivity contribution in [3.63, 3.8) is 0 Å². The monoisotopic (exact) mass is 1020 g/mol. The number of carbonyl (C=O) groups excluding carboxylic acids is 9. The Morgan fingerprint density at radius 1 is 0.473 bits per heavy atom. The standard InChI is InChI=1S/C55H72N8O11/c1-34(2)30-38(59-50(72)74-51(3,4)5)42(64)60-52(6,7)46(68)56-39(31-35-24-18-15-19-25-35)43(65)61-53(8,9)47(69)57-40(32-36-26-20-16-21-27-36)44(66)62-54(10,11)48(70)58-41(33-37-28-22-17-23-29-37)45(67)63-55(12,13)49(71)73-14/h15-29,31-34,38H,30H2,1-14H3,(H,56,68)(H,57,69)(H,58,70)(H,59,72)(H,60,64)(H,61,65)(H,62,66)(H,63,67)/b39-31+,40-32+,41-33+/t38-/m0/s1. The van der Waals surface area contributed by atoms with Crippen LogP contribution in [-0.4, -0.2) is 94.3 Å². The molecule has 3 rings (SSSR count). The van der Waals surface area contributed by atoms with E-state index in [1.54, 1.807) is 112 Å². The maximum Gasteiger partial charge on any atom is 0.408 e. The van der Waals surface area contributed by atoms with Crippen molar-refractivity contribution in [2.24, 2.45) is 5.92 Å². The summed E-state index contributed by atoms with van der Waals surface area (Å²) in [6.45, 7) is 19.9. The van der Waals surface area contributed by atoms with Gasteiger partial charge in [-0.15, -0.1) is 0 Å². The van der Waals surface area contributed by atoms with Gasteiger partial charge in [-0.2, -0.15) is 0 Å². The Morgan fingerprint density at radius 3 is 1.08 bits per heavy atom. The normalized spacial score (nSPS) is 13.0. The number of carbonyl (C=O) groups is 9. The molecule has 3 aromatic rings. The summed E-state index contributed by atoms with van der Waals surface area (Å²) in [5.74, 6) is -6.74. The van der Waals surface area contributed by atoms with Crippen molar-refractivity contribution in [2.75, 3.05) is 7.11 Å². The molecule has 0 heterocycles. The molecule has 0 saturated heterocycles. The minimum absolute atomic E-state index is 0.0437. The number of amides is 8. The highest BCUT2D eigenvalue weighted by atomic mass is 16.6. The quantitative estimate of drug-likeness (QED) is 0.0511. The molecule has 0 aliphatic carbocycles. The van der Waals surface area contributed by atoms with Gasteiger partial charge >= 0.3 is 12.1 Å². The molecule has 0 unspecified atom stereocenters. The van der Waals surface area contributed by atoms with Crippen molar-refractivity contribution >= 4 is 71.6 Å². The molecule has 0 aromatic heterocycles. The fourth-order valence-corrected chi connectivity index (χ4v) is 6.54. The van der Waals surface area contributed by atoms with Crippen molar-refractivity contribution in [3.8, 4) is 0 Å². The van der Waals surface area contributed by atoms with Crippen molar-refractivity contribution < 1.29 is 52.6 Å². The average Bonchev–Trinajstić information content (AvgIpc) is 3.29. The van der Waals surface area contributed by atoms with Crippen LogP contribution in [0.15, 0.2) is 108 Å². The van der Waals surface area contributed by atoms with Gasteiger partial charge in [0.15, 0.2) is 0 Å². The number of benzene rings is 3. The Labute approximate surface area is 433 Å². The predicted octanol–water partition coefficient (Wildman–Crippen LogP) is 5.15. The van der Waals surface area contributed by atoms with Gasteiger partial charge in [0.25, 0.3) is 17.7 Å². The highest BCUT2D eigenvalue weighted by Crippen LogP contribution is 2.17. The molecule has 3 aromatic carbocycles. The van der Waals surface area contributed by atoms with E-state index in [-0.39, 0.29) is 29.4 Å². The first-order valence-electron chi connectivity index (χ1n) is 23.9. The molecule has 74 heavy (non-hydrogen) atoms. The lowest BCUT2D eigenvalue weighted by molar-refractivity contribution is -0.149. The van der Waals surface area contributed by atoms with E-state index in [1.807, 2.05) is 13.8 Å². The fraction of sp³-hybridized carbons (Fsp3) is 0.400. The molecular weight excluding hydrogens is 949 g/mol. The van der Waals surface area contributed by atoms with Gasteiger partial charge < -0.3 is 52.0 Å². The summed E-state index contributed by atoms with van der Waals surface area (Å²) in [6, 6.07) is 24.5. The molecule has 398 valence electrons. The van der Waals surface area contributed by atoms with Crippen LogP contribution in [0.3, 0.4) is 0 Å². The molecule has 8 amide bonds. The minimum Gasteiger partial charge on any atom is -0.467 e. The maximum atomic E-state index is 14.3. The predicted molar refractivity (Wildman–Crippen MR) is 281 cm³/mol. The van der Waals surface area contributed by atoms with E-state index >= 15 is 0 Å². The Morgan fingerprint density at radius 2 is 0.784 bits per heavy atom. The van der Waals surface area contributed by atoms with Crippen LogP contribution in [0.5, 0.6) is 0 Å². The fourth-order valence-electron chi connectivity index (χ4n) is 6.54. The van der Waals surface area contributed by atoms with Gasteiger partial charge in [-0.1, -0.05) is 105 Å². The lowest BCUT2D eigenvalue weighted by atomic mass is 9.99. The third-order valence-corrected chi connectivity index (χ3v) is 10.6. The summed E-state index contributed by atoms with van der Waals surface area (Å²) in [6.07, 6.45) is 3.51. The molecule has 0 fully saturated rings. The summed E-state index contributed by atoms with van der Waals surface area (Å²) in [5, 5.41) is 20.8. The maximum absolute atomic E-state index is 14.3. The Hall–Kier alpha value is -8.09. The lowest BCUT2D eigenvalue weighted by Crippen LogP contribution is -2.61. The first-order chi connectivity index (χ1) is 34.2. The second-order valence-corrected chi connectivity index (χ2v) is 20.9. The summed E-state index contributed by atoms with van der Waals surface area (Å²) >= 11 is 0. The molecule has 8 N–H and O–H groups in total. The lowest BCUT2D eigenvalue weighted by Gasteiger charge is -2.30. The largest absolute Gasteiger partial charge is 0.467 e. The number of rotatable bonds is 21. The Balaban J connectivity index is 1.92. The zero-order valence-corrected chi connectivity index (χ0v) is 44.7. The van der Waals surface area contributed by atoms with Crippen LogP contribution >= 0.6 is 0 Å². The van der Waals surface area contributed by atoms with Gasteiger partial charge in [-0.25, -0.2) is 9.59 Å². The summed E-state index contributed by atoms with van der Waals surface area (Å²) < 4.78 is 10.2. The zero-order chi connectivity index (χ0) is 55.8. The highest BCUT2D eigenvalue weighted by molar-refractivity contribution is 6.09. The van der Waals surface area contributed by atoms with E-state index in [1.165, 1.54) is 80.7 Å². The second-order valence-electron chi connectivity index (χ2n) is 20.9. The van der Waals surface area contributed by atoms with Crippen LogP contribution in [0, 0.1) is 5.92 Å². The molecule has 1 atom stereocenters. The first kappa shape index (κ1) is 60.2. The molecule has 0 aliphatic heterocycles. The molecule has 0 spiro atoms. The summed E-state index contributed by atoms with van der Waals surface area (Å²) in [5.41, 5.74) is -7.03. The van der Waals surface area contributed by atoms with Crippen LogP contribution in [0.2, 0.25) is 0 Å². The molecule has 0 aliphatic rings. The average molecular weight is 1020 g/mol. The van der Waals surface area contributed by atoms with Gasteiger partial charge in [0, 0.05) is 0 Å². The topological polar surface area (TPSA) is 268 Å². The van der Waals surface area contributed by atoms with Crippen molar-refractivity contribution in [3.05, 3.63) is 125 Å². The number of methoxy groups -OCH3 is 1. The van der Waals surface area contributed by atoms with Crippen LogP contribution in [0.1, 0.15) is 113 Å². The Kier molecular flexibility index (Phi) is 20.8. The van der Waals surface area contributed by atoms with Crippen LogP contribution in [-0.2, 0) is 47.8 Å². The summed E-state index contributed by atoms with van der Waals surface area (Å²) in [4.78, 5) is 123. The van der Waals surface area contributed by atoms with Gasteiger partial charge in [0.1, 0.15) is 50.9 Å². The number of hydrogen-bond donors (Lipinski definition) is 8. The Bertz CT molecular complexity index is 2630.